The number of aliphatic hydroxyl groups excluding tert-OH is 3. The summed E-state index contributed by atoms with van der Waals surface area (Å²) in [4.78, 5) is 11.4. The first kappa shape index (κ1) is 26.7. The van der Waals surface area contributed by atoms with Gasteiger partial charge in [-0.2, -0.15) is 0 Å². The van der Waals surface area contributed by atoms with Gasteiger partial charge in [0, 0.05) is 30.6 Å². The Morgan fingerprint density at radius 1 is 1.22 bits per heavy atom. The van der Waals surface area contributed by atoms with Crippen LogP contribution in [0.5, 0.6) is 0 Å². The van der Waals surface area contributed by atoms with Crippen molar-refractivity contribution in [2.24, 2.45) is 5.92 Å². The molecule has 5 nitrogen and oxygen atoms in total. The van der Waals surface area contributed by atoms with E-state index < -0.39 is 12.2 Å². The topological polar surface area (TPSA) is 87.0 Å². The molecule has 1 aromatic rings. The first-order valence-electron chi connectivity index (χ1n) is 11.8. The predicted octanol–water partition coefficient (Wildman–Crippen LogP) is 4.47. The number of esters is 1. The molecule has 1 aliphatic rings. The molecule has 0 unspecified atom stereocenters. The zero-order valence-corrected chi connectivity index (χ0v) is 19.8. The van der Waals surface area contributed by atoms with Gasteiger partial charge in [0.25, 0.3) is 0 Å². The van der Waals surface area contributed by atoms with Crippen molar-refractivity contribution in [2.75, 3.05) is 13.2 Å². The molecule has 2 rings (SSSR count). The monoisotopic (exact) mass is 464 g/mol. The lowest BCUT2D eigenvalue weighted by Gasteiger charge is -2.23. The molecular weight excluding hydrogens is 428 g/mol. The Balaban J connectivity index is 1.90. The third-order valence-electron chi connectivity index (χ3n) is 6.09. The summed E-state index contributed by atoms with van der Waals surface area (Å²) in [7, 11) is 0. The summed E-state index contributed by atoms with van der Waals surface area (Å²) >= 11 is 6.55. The first-order valence-corrected chi connectivity index (χ1v) is 12.2. The standard InChI is InChI=1S/C26H37ClO5/c1-2-3-6-10-23(29)19-12-14-20(15-13-19)26-21(22(27)18-24(26)30)9-7-4-5-8-11-25(31)32-17-16-28/h12-15,21-24,26,28-30H,2-3,5-6,8-11,16-18H2,1H3/t21-,22+,23-,24+,26+/m0/s1. The maximum absolute atomic E-state index is 11.4. The SMILES string of the molecule is CCCCC[C@H](O)c1ccc([C@@H]2[C@@H](CC#CCCCC(=O)OCCO)[C@H](Cl)C[C@H]2O)cc1. The highest BCUT2D eigenvalue weighted by atomic mass is 35.5. The molecule has 0 aromatic heterocycles. The average molecular weight is 465 g/mol. The number of alkyl halides is 1. The molecule has 1 aromatic carbocycles. The number of hydrogen-bond donors (Lipinski definition) is 3. The smallest absolute Gasteiger partial charge is 0.305 e. The van der Waals surface area contributed by atoms with Crippen molar-refractivity contribution in [1.29, 1.82) is 0 Å². The zero-order valence-electron chi connectivity index (χ0n) is 19.0. The van der Waals surface area contributed by atoms with Gasteiger partial charge < -0.3 is 20.1 Å². The number of carbonyl (C=O) groups excluding carboxylic acids is 1. The number of ether oxygens (including phenoxy) is 1. The van der Waals surface area contributed by atoms with Crippen LogP contribution in [0.1, 0.15) is 87.9 Å². The predicted molar refractivity (Wildman–Crippen MR) is 126 cm³/mol. The minimum Gasteiger partial charge on any atom is -0.463 e. The van der Waals surface area contributed by atoms with Crippen LogP contribution in [0.3, 0.4) is 0 Å². The van der Waals surface area contributed by atoms with Crippen LogP contribution in [0, 0.1) is 17.8 Å². The van der Waals surface area contributed by atoms with Gasteiger partial charge in [0.05, 0.1) is 18.8 Å². The van der Waals surface area contributed by atoms with Crippen molar-refractivity contribution in [3.05, 3.63) is 35.4 Å². The maximum atomic E-state index is 11.4. The van der Waals surface area contributed by atoms with Crippen LogP contribution in [0.25, 0.3) is 0 Å². The van der Waals surface area contributed by atoms with Gasteiger partial charge in [-0.15, -0.1) is 23.4 Å². The van der Waals surface area contributed by atoms with Crippen LogP contribution in [-0.4, -0.2) is 46.0 Å². The maximum Gasteiger partial charge on any atom is 0.305 e. The molecule has 1 saturated carbocycles. The fourth-order valence-corrected chi connectivity index (χ4v) is 4.74. The Kier molecular flexibility index (Phi) is 12.1. The van der Waals surface area contributed by atoms with Crippen molar-refractivity contribution in [2.45, 2.75) is 88.2 Å². The van der Waals surface area contributed by atoms with Crippen LogP contribution < -0.4 is 0 Å². The molecule has 0 heterocycles. The van der Waals surface area contributed by atoms with E-state index in [-0.39, 0.29) is 42.8 Å². The second-order valence-corrected chi connectivity index (χ2v) is 9.10. The molecular formula is C26H37ClO5. The molecule has 0 radical (unpaired) electrons. The lowest BCUT2D eigenvalue weighted by molar-refractivity contribution is -0.144. The molecule has 1 fully saturated rings. The third kappa shape index (κ3) is 8.41. The van der Waals surface area contributed by atoms with Crippen molar-refractivity contribution in [3.63, 3.8) is 0 Å². The van der Waals surface area contributed by atoms with Crippen molar-refractivity contribution < 1.29 is 24.9 Å². The molecule has 3 N–H and O–H groups in total. The van der Waals surface area contributed by atoms with E-state index in [1.54, 1.807) is 0 Å². The van der Waals surface area contributed by atoms with E-state index in [9.17, 15) is 15.0 Å². The molecule has 6 heteroatoms. The highest BCUT2D eigenvalue weighted by Gasteiger charge is 2.41. The highest BCUT2D eigenvalue weighted by Crippen LogP contribution is 2.44. The quantitative estimate of drug-likeness (QED) is 0.184. The molecule has 1 aliphatic carbocycles. The Morgan fingerprint density at radius 3 is 2.66 bits per heavy atom. The number of benzene rings is 1. The molecule has 32 heavy (non-hydrogen) atoms. The van der Waals surface area contributed by atoms with E-state index in [0.29, 0.717) is 25.7 Å². The highest BCUT2D eigenvalue weighted by molar-refractivity contribution is 6.21. The van der Waals surface area contributed by atoms with E-state index in [1.807, 2.05) is 24.3 Å². The van der Waals surface area contributed by atoms with Crippen molar-refractivity contribution >= 4 is 17.6 Å². The van der Waals surface area contributed by atoms with E-state index >= 15 is 0 Å². The Hall–Kier alpha value is -1.58. The summed E-state index contributed by atoms with van der Waals surface area (Å²) in [6, 6.07) is 7.91. The molecule has 0 saturated heterocycles. The molecule has 0 aliphatic heterocycles. The normalized spacial score (nSPS) is 23.4. The van der Waals surface area contributed by atoms with Crippen LogP contribution in [0.2, 0.25) is 0 Å². The number of rotatable bonds is 12. The number of unbranched alkanes of at least 4 members (excludes halogenated alkanes) is 3. The number of carbonyl (C=O) groups is 1. The lowest BCUT2D eigenvalue weighted by Crippen LogP contribution is -2.18. The minimum atomic E-state index is -0.508. The number of halogens is 1. The molecule has 0 amide bonds. The number of aliphatic hydroxyl groups is 3. The summed E-state index contributed by atoms with van der Waals surface area (Å²) in [6.45, 7) is 2.02. The summed E-state index contributed by atoms with van der Waals surface area (Å²) in [5, 5.41) is 29.5. The number of hydrogen-bond acceptors (Lipinski definition) is 5. The summed E-state index contributed by atoms with van der Waals surface area (Å²) in [5.74, 6) is 5.93. The van der Waals surface area contributed by atoms with Gasteiger partial charge in [-0.3, -0.25) is 4.79 Å². The molecule has 0 spiro atoms. The average Bonchev–Trinajstić information content (AvgIpc) is 3.07. The largest absolute Gasteiger partial charge is 0.463 e. The second-order valence-electron chi connectivity index (χ2n) is 8.54. The summed E-state index contributed by atoms with van der Waals surface area (Å²) in [6.07, 6.45) is 5.69. The summed E-state index contributed by atoms with van der Waals surface area (Å²) < 4.78 is 4.82. The Bertz CT molecular complexity index is 739. The zero-order chi connectivity index (χ0) is 23.3. The third-order valence-corrected chi connectivity index (χ3v) is 6.60. The van der Waals surface area contributed by atoms with Gasteiger partial charge in [0.2, 0.25) is 0 Å². The Morgan fingerprint density at radius 2 is 1.97 bits per heavy atom. The van der Waals surface area contributed by atoms with Crippen LogP contribution in [0.4, 0.5) is 0 Å². The van der Waals surface area contributed by atoms with Crippen molar-refractivity contribution in [1.82, 2.24) is 0 Å². The van der Waals surface area contributed by atoms with Crippen LogP contribution in [-0.2, 0) is 9.53 Å². The molecule has 0 bridgehead atoms. The Labute approximate surface area is 197 Å². The van der Waals surface area contributed by atoms with Gasteiger partial charge in [0.1, 0.15) is 6.61 Å². The van der Waals surface area contributed by atoms with E-state index in [0.717, 1.165) is 36.8 Å². The summed E-state index contributed by atoms with van der Waals surface area (Å²) in [5.41, 5.74) is 1.94. The van der Waals surface area contributed by atoms with Gasteiger partial charge >= 0.3 is 5.97 Å². The van der Waals surface area contributed by atoms with Gasteiger partial charge in [-0.05, 0) is 36.3 Å². The van der Waals surface area contributed by atoms with E-state index in [2.05, 4.69) is 18.8 Å². The fourth-order valence-electron chi connectivity index (χ4n) is 4.31. The first-order chi connectivity index (χ1) is 15.5. The van der Waals surface area contributed by atoms with E-state index in [4.69, 9.17) is 21.4 Å². The van der Waals surface area contributed by atoms with Crippen molar-refractivity contribution in [3.8, 4) is 11.8 Å². The van der Waals surface area contributed by atoms with Gasteiger partial charge in [-0.1, -0.05) is 50.5 Å². The van der Waals surface area contributed by atoms with Gasteiger partial charge in [-0.25, -0.2) is 0 Å². The minimum absolute atomic E-state index is 0.0335. The lowest BCUT2D eigenvalue weighted by atomic mass is 9.85. The second kappa shape index (κ2) is 14.5. The van der Waals surface area contributed by atoms with Gasteiger partial charge in [0.15, 0.2) is 0 Å². The van der Waals surface area contributed by atoms with E-state index in [1.165, 1.54) is 0 Å². The van der Waals surface area contributed by atoms with Crippen LogP contribution in [0.15, 0.2) is 24.3 Å². The molecule has 5 atom stereocenters. The van der Waals surface area contributed by atoms with Crippen LogP contribution >= 0.6 is 11.6 Å². The fraction of sp³-hybridized carbons (Fsp3) is 0.654. The molecule has 178 valence electrons.